The van der Waals surface area contributed by atoms with Crippen LogP contribution in [0.2, 0.25) is 0 Å². The van der Waals surface area contributed by atoms with Crippen LogP contribution in [0.25, 0.3) is 0 Å². The molecule has 3 N–H and O–H groups in total. The van der Waals surface area contributed by atoms with Crippen LogP contribution in [0.4, 0.5) is 26.7 Å². The van der Waals surface area contributed by atoms with Gasteiger partial charge in [-0.25, -0.2) is 13.6 Å². The molecular formula is C13H15F5N2O2. The largest absolute Gasteiger partial charge is 0.414 e. The van der Waals surface area contributed by atoms with Gasteiger partial charge in [0.15, 0.2) is 6.10 Å². The summed E-state index contributed by atoms with van der Waals surface area (Å²) < 4.78 is 61.9. The number of amides is 2. The Balaban J connectivity index is 2.24. The summed E-state index contributed by atoms with van der Waals surface area (Å²) >= 11 is 0. The van der Waals surface area contributed by atoms with Crippen molar-refractivity contribution in [1.82, 2.24) is 10.6 Å². The molecule has 9 heteroatoms. The second-order valence-corrected chi connectivity index (χ2v) is 4.51. The molecule has 1 rings (SSSR count). The first kappa shape index (κ1) is 18.1. The van der Waals surface area contributed by atoms with E-state index in [0.29, 0.717) is 6.07 Å². The Labute approximate surface area is 123 Å². The molecule has 0 radical (unpaired) electrons. The lowest BCUT2D eigenvalue weighted by molar-refractivity contribution is -0.204. The average molecular weight is 326 g/mol. The first-order chi connectivity index (χ1) is 10.2. The van der Waals surface area contributed by atoms with E-state index in [-0.39, 0.29) is 25.1 Å². The molecule has 0 saturated carbocycles. The van der Waals surface area contributed by atoms with Crippen LogP contribution in [0.1, 0.15) is 12.0 Å². The fourth-order valence-electron chi connectivity index (χ4n) is 1.58. The maximum atomic E-state index is 13.3. The zero-order valence-corrected chi connectivity index (χ0v) is 11.4. The summed E-state index contributed by atoms with van der Waals surface area (Å²) in [4.78, 5) is 11.3. The third-order valence-electron chi connectivity index (χ3n) is 2.78. The third-order valence-corrected chi connectivity index (χ3v) is 2.78. The van der Waals surface area contributed by atoms with E-state index < -0.39 is 36.4 Å². The average Bonchev–Trinajstić information content (AvgIpc) is 2.40. The van der Waals surface area contributed by atoms with Gasteiger partial charge in [0.25, 0.3) is 0 Å². The van der Waals surface area contributed by atoms with Crippen LogP contribution >= 0.6 is 0 Å². The quantitative estimate of drug-likeness (QED) is 0.701. The lowest BCUT2D eigenvalue weighted by atomic mass is 10.1. The predicted molar refractivity (Wildman–Crippen MR) is 68.1 cm³/mol. The monoisotopic (exact) mass is 326 g/mol. The van der Waals surface area contributed by atoms with Crippen LogP contribution in [0.5, 0.6) is 0 Å². The summed E-state index contributed by atoms with van der Waals surface area (Å²) in [5.41, 5.74) is 0.203. The van der Waals surface area contributed by atoms with Crippen LogP contribution in [0.3, 0.4) is 0 Å². The molecular weight excluding hydrogens is 311 g/mol. The molecule has 1 aromatic rings. The summed E-state index contributed by atoms with van der Waals surface area (Å²) in [5.74, 6) is -1.45. The lowest BCUT2D eigenvalue weighted by Crippen LogP contribution is -2.39. The molecule has 0 fully saturated rings. The molecule has 4 nitrogen and oxygen atoms in total. The van der Waals surface area contributed by atoms with Gasteiger partial charge in [0, 0.05) is 19.2 Å². The van der Waals surface area contributed by atoms with Gasteiger partial charge in [-0.1, -0.05) is 6.07 Å². The van der Waals surface area contributed by atoms with E-state index in [9.17, 15) is 26.7 Å². The van der Waals surface area contributed by atoms with Gasteiger partial charge in [-0.15, -0.1) is 0 Å². The van der Waals surface area contributed by atoms with Crippen LogP contribution in [-0.2, 0) is 6.42 Å². The minimum Gasteiger partial charge on any atom is -0.384 e. The van der Waals surface area contributed by atoms with E-state index >= 15 is 0 Å². The predicted octanol–water partition coefficient (Wildman–Crippen LogP) is 2.12. The standard InChI is InChI=1S/C13H15F5N2O2/c14-9-2-1-8(10(15)7-9)3-5-19-12(22)20-6-4-11(21)13(16,17)18/h1-2,7,11,21H,3-6H2,(H2,19,20,22)/t11-/m0/s1. The van der Waals surface area contributed by atoms with Gasteiger partial charge in [-0.3, -0.25) is 0 Å². The second-order valence-electron chi connectivity index (χ2n) is 4.51. The second kappa shape index (κ2) is 7.92. The molecule has 0 saturated heterocycles. The van der Waals surface area contributed by atoms with Crippen molar-refractivity contribution in [2.75, 3.05) is 13.1 Å². The normalized spacial score (nSPS) is 12.8. The zero-order valence-electron chi connectivity index (χ0n) is 11.4. The highest BCUT2D eigenvalue weighted by atomic mass is 19.4. The van der Waals surface area contributed by atoms with Gasteiger partial charge in [-0.2, -0.15) is 13.2 Å². The minimum absolute atomic E-state index is 0.0240. The summed E-state index contributed by atoms with van der Waals surface area (Å²) in [6.07, 6.45) is -7.78. The molecule has 0 bridgehead atoms. The van der Waals surface area contributed by atoms with Gasteiger partial charge in [0.1, 0.15) is 11.6 Å². The molecule has 1 atom stereocenters. The molecule has 0 aliphatic carbocycles. The number of hydrogen-bond acceptors (Lipinski definition) is 2. The molecule has 1 aromatic carbocycles. The van der Waals surface area contributed by atoms with Gasteiger partial charge in [-0.05, 0) is 24.5 Å². The van der Waals surface area contributed by atoms with E-state index in [4.69, 9.17) is 5.11 Å². The van der Waals surface area contributed by atoms with E-state index in [1.165, 1.54) is 6.07 Å². The molecule has 0 heterocycles. The number of benzene rings is 1. The van der Waals surface area contributed by atoms with Gasteiger partial charge in [0.05, 0.1) is 0 Å². The summed E-state index contributed by atoms with van der Waals surface area (Å²) in [7, 11) is 0. The van der Waals surface area contributed by atoms with Crippen molar-refractivity contribution >= 4 is 6.03 Å². The number of nitrogens with one attached hydrogen (secondary N) is 2. The van der Waals surface area contributed by atoms with Crippen molar-refractivity contribution in [2.24, 2.45) is 0 Å². The Morgan fingerprint density at radius 2 is 1.82 bits per heavy atom. The highest BCUT2D eigenvalue weighted by Gasteiger charge is 2.37. The zero-order chi connectivity index (χ0) is 16.8. The Morgan fingerprint density at radius 1 is 1.18 bits per heavy atom. The Kier molecular flexibility index (Phi) is 6.54. The Bertz CT molecular complexity index is 508. The number of hydrogen-bond donors (Lipinski definition) is 3. The van der Waals surface area contributed by atoms with E-state index in [0.717, 1.165) is 6.07 Å². The smallest absolute Gasteiger partial charge is 0.384 e. The summed E-state index contributed by atoms with van der Waals surface area (Å²) in [6.45, 7) is -0.340. The van der Waals surface area contributed by atoms with Gasteiger partial charge >= 0.3 is 12.2 Å². The van der Waals surface area contributed by atoms with Crippen molar-refractivity contribution in [3.8, 4) is 0 Å². The third kappa shape index (κ3) is 6.25. The number of alkyl halides is 3. The van der Waals surface area contributed by atoms with Crippen LogP contribution in [0, 0.1) is 11.6 Å². The van der Waals surface area contributed by atoms with Crippen LogP contribution in [0.15, 0.2) is 18.2 Å². The van der Waals surface area contributed by atoms with Crippen molar-refractivity contribution in [2.45, 2.75) is 25.1 Å². The van der Waals surface area contributed by atoms with Crippen molar-refractivity contribution in [3.05, 3.63) is 35.4 Å². The topological polar surface area (TPSA) is 61.4 Å². The van der Waals surface area contributed by atoms with Crippen molar-refractivity contribution in [1.29, 1.82) is 0 Å². The number of aliphatic hydroxyl groups excluding tert-OH is 1. The highest BCUT2D eigenvalue weighted by Crippen LogP contribution is 2.21. The summed E-state index contributed by atoms with van der Waals surface area (Å²) in [6, 6.07) is 2.30. The molecule has 0 aliphatic heterocycles. The van der Waals surface area contributed by atoms with E-state index in [1.54, 1.807) is 0 Å². The molecule has 0 aliphatic rings. The number of aliphatic hydroxyl groups is 1. The molecule has 22 heavy (non-hydrogen) atoms. The fraction of sp³-hybridized carbons (Fsp3) is 0.462. The lowest BCUT2D eigenvalue weighted by Gasteiger charge is -2.14. The van der Waals surface area contributed by atoms with Crippen molar-refractivity contribution < 1.29 is 31.9 Å². The number of carbonyl (C=O) groups is 1. The van der Waals surface area contributed by atoms with Gasteiger partial charge in [0.2, 0.25) is 0 Å². The fourth-order valence-corrected chi connectivity index (χ4v) is 1.58. The maximum absolute atomic E-state index is 13.3. The number of urea groups is 1. The minimum atomic E-state index is -4.72. The number of rotatable bonds is 6. The van der Waals surface area contributed by atoms with Crippen molar-refractivity contribution in [3.63, 3.8) is 0 Å². The van der Waals surface area contributed by atoms with Gasteiger partial charge < -0.3 is 15.7 Å². The molecule has 2 amide bonds. The van der Waals surface area contributed by atoms with Crippen LogP contribution in [-0.4, -0.2) is 36.5 Å². The molecule has 0 unspecified atom stereocenters. The number of carbonyl (C=O) groups excluding carboxylic acids is 1. The van der Waals surface area contributed by atoms with Crippen LogP contribution < -0.4 is 10.6 Å². The SMILES string of the molecule is O=C(NCCc1ccc(F)cc1F)NCC[C@H](O)C(F)(F)F. The number of halogens is 5. The Morgan fingerprint density at radius 3 is 2.41 bits per heavy atom. The van der Waals surface area contributed by atoms with E-state index in [1.807, 2.05) is 0 Å². The van der Waals surface area contributed by atoms with E-state index in [2.05, 4.69) is 10.6 Å². The Hall–Kier alpha value is -1.90. The first-order valence-corrected chi connectivity index (χ1v) is 6.40. The molecule has 0 spiro atoms. The molecule has 0 aromatic heterocycles. The first-order valence-electron chi connectivity index (χ1n) is 6.40. The maximum Gasteiger partial charge on any atom is 0.414 e. The molecule has 124 valence electrons. The summed E-state index contributed by atoms with van der Waals surface area (Å²) in [5, 5.41) is 13.2. The highest BCUT2D eigenvalue weighted by molar-refractivity contribution is 5.73.